The van der Waals surface area contributed by atoms with Crippen LogP contribution in [0.15, 0.2) is 332 Å². The number of rotatable bonds is 8. The normalized spacial score (nSPS) is 12.5. The highest BCUT2D eigenvalue weighted by atomic mass is 32.2. The average Bonchev–Trinajstić information content (AvgIpc) is 1.59. The maximum Gasteiger partial charge on any atom is 0.268 e. The van der Waals surface area contributed by atoms with Crippen LogP contribution in [0.5, 0.6) is 0 Å². The van der Waals surface area contributed by atoms with Gasteiger partial charge in [0.15, 0.2) is 0 Å². The van der Waals surface area contributed by atoms with Crippen LogP contribution in [-0.2, 0) is 10.0 Å². The van der Waals surface area contributed by atoms with Gasteiger partial charge in [0.25, 0.3) is 10.0 Å². The van der Waals surface area contributed by atoms with E-state index in [9.17, 15) is 8.42 Å². The lowest BCUT2D eigenvalue weighted by Gasteiger charge is -2.13. The van der Waals surface area contributed by atoms with Crippen molar-refractivity contribution >= 4 is 163 Å². The van der Waals surface area contributed by atoms with Crippen molar-refractivity contribution in [2.75, 3.05) is 0 Å². The molecule has 0 saturated heterocycles. The molecule has 7 aromatic heterocycles. The number of fused-ring (bicyclic) bond motifs is 21. The van der Waals surface area contributed by atoms with Gasteiger partial charge in [0, 0.05) is 110 Å². The Kier molecular flexibility index (Phi) is 11.5. The smallest absolute Gasteiger partial charge is 0.268 e. The second kappa shape index (κ2) is 20.7. The molecule has 0 amide bonds. The molecule has 0 fully saturated rings. The molecule has 0 bridgehead atoms. The Hall–Kier alpha value is -13.2. The number of hydrogen-bond acceptors (Lipinski definition) is 2. The van der Waals surface area contributed by atoms with Crippen molar-refractivity contribution in [3.05, 3.63) is 333 Å². The van der Waals surface area contributed by atoms with E-state index in [0.29, 0.717) is 11.0 Å². The molecule has 0 unspecified atom stereocenters. The maximum atomic E-state index is 14.5. The third-order valence-corrected chi connectivity index (χ3v) is 23.3. The Morgan fingerprint density at radius 3 is 0.624 bits per heavy atom. The van der Waals surface area contributed by atoms with Gasteiger partial charge in [-0.25, -0.2) is 12.4 Å². The quantitative estimate of drug-likeness (QED) is 0.152. The fourth-order valence-electron chi connectivity index (χ4n) is 17.2. The molecule has 0 aliphatic rings. The molecule has 0 spiro atoms. The van der Waals surface area contributed by atoms with Crippen molar-refractivity contribution in [2.24, 2.45) is 0 Å². The SMILES string of the molecule is Cc1ccc(S(=O)(=O)n2c3ccccc3c3cc(-n4c5ccccc5c5cc(-n6c7ccccc7c7cc(-n8c9ccccc9c9cc(-n%10c%11ccccc%11c%11cc(-n%12c%13ccccc%13c%13cc(-n%14c%15ccccc%15c%15ccccc%15%14)ccc%13%12)ccc%11%10)ccc98)ccc76)ccc54)ccc32)cc1. The van der Waals surface area contributed by atoms with Gasteiger partial charge in [-0.1, -0.05) is 163 Å². The number of benzene rings is 15. The standard InChI is InChI=1S/C91H57N7O2S/c1-56-34-42-63(43-35-56)101(99,100)98-90-33-17-9-25-71(90)77-55-62(41-49-91(77)98)97-84-32-16-8-24-70(84)76-54-61(40-48-89(76)97)96-83-31-15-7-23-69(83)75-53-60(39-47-88(75)96)95-82-30-14-6-22-68(82)74-52-59(38-46-87(74)95)94-81-29-13-5-21-67(81)73-51-58(37-45-86(73)94)93-80-28-12-4-20-66(80)72-50-57(36-44-85(72)93)92-78-26-10-2-18-64(78)65-19-3-11-27-79(65)92/h2-55H,1H3. The molecule has 15 aromatic carbocycles. The minimum atomic E-state index is -3.93. The molecule has 0 aliphatic carbocycles. The first-order chi connectivity index (χ1) is 49.8. The van der Waals surface area contributed by atoms with E-state index in [-0.39, 0.29) is 4.90 Å². The van der Waals surface area contributed by atoms with Crippen LogP contribution < -0.4 is 0 Å². The van der Waals surface area contributed by atoms with Crippen LogP contribution >= 0.6 is 0 Å². The first-order valence-electron chi connectivity index (χ1n) is 34.3. The predicted molar refractivity (Wildman–Crippen MR) is 419 cm³/mol. The van der Waals surface area contributed by atoms with E-state index in [1.807, 2.05) is 49.4 Å². The first kappa shape index (κ1) is 55.9. The zero-order valence-corrected chi connectivity index (χ0v) is 55.3. The molecule has 0 radical (unpaired) electrons. The lowest BCUT2D eigenvalue weighted by Crippen LogP contribution is -2.12. The van der Waals surface area contributed by atoms with Gasteiger partial charge in [0.1, 0.15) is 0 Å². The summed E-state index contributed by atoms with van der Waals surface area (Å²) in [6.45, 7) is 1.96. The van der Waals surface area contributed by atoms with E-state index in [1.165, 1.54) is 69.0 Å². The van der Waals surface area contributed by atoms with Crippen molar-refractivity contribution < 1.29 is 8.42 Å². The van der Waals surface area contributed by atoms with E-state index in [1.54, 1.807) is 12.1 Å². The fraction of sp³-hybridized carbons (Fsp3) is 0.0110. The lowest BCUT2D eigenvalue weighted by atomic mass is 10.1. The predicted octanol–water partition coefficient (Wildman–Crippen LogP) is 22.9. The molecule has 10 heteroatoms. The number of nitrogens with zero attached hydrogens (tertiary/aromatic N) is 7. The van der Waals surface area contributed by atoms with Gasteiger partial charge in [0.05, 0.1) is 82.1 Å². The molecule has 22 rings (SSSR count). The molecule has 0 saturated carbocycles. The Balaban J connectivity index is 0.651. The Morgan fingerprint density at radius 1 is 0.188 bits per heavy atom. The van der Waals surface area contributed by atoms with Crippen LogP contribution in [0.3, 0.4) is 0 Å². The van der Waals surface area contributed by atoms with Crippen LogP contribution in [0, 0.1) is 6.92 Å². The summed E-state index contributed by atoms with van der Waals surface area (Å²) in [7, 11) is -3.93. The summed E-state index contributed by atoms with van der Waals surface area (Å²) in [5.74, 6) is 0. The second-order valence-corrected chi connectivity index (χ2v) is 28.7. The van der Waals surface area contributed by atoms with Crippen molar-refractivity contribution in [1.29, 1.82) is 0 Å². The topological polar surface area (TPSA) is 68.7 Å². The summed E-state index contributed by atoms with van der Waals surface area (Å²) in [5, 5.41) is 16.0. The molecule has 101 heavy (non-hydrogen) atoms. The third-order valence-electron chi connectivity index (χ3n) is 21.6. The molecule has 0 aliphatic heterocycles. The summed E-state index contributed by atoms with van der Waals surface area (Å²) in [4.78, 5) is 0.255. The van der Waals surface area contributed by atoms with Crippen molar-refractivity contribution in [3.8, 4) is 34.1 Å². The van der Waals surface area contributed by atoms with Crippen molar-refractivity contribution in [2.45, 2.75) is 11.8 Å². The second-order valence-electron chi connectivity index (χ2n) is 26.9. The minimum absolute atomic E-state index is 0.255. The summed E-state index contributed by atoms with van der Waals surface area (Å²) >= 11 is 0. The summed E-state index contributed by atoms with van der Waals surface area (Å²) < 4.78 is 45.1. The number of aromatic nitrogens is 7. The van der Waals surface area contributed by atoms with E-state index in [0.717, 1.165) is 116 Å². The van der Waals surface area contributed by atoms with Gasteiger partial charge in [-0.2, -0.15) is 0 Å². The molecule has 0 N–H and O–H groups in total. The summed E-state index contributed by atoms with van der Waals surface area (Å²) in [5.41, 5.74) is 22.4. The number of para-hydroxylation sites is 8. The summed E-state index contributed by atoms with van der Waals surface area (Å²) in [6, 6.07) is 117. The van der Waals surface area contributed by atoms with E-state index >= 15 is 0 Å². The van der Waals surface area contributed by atoms with Crippen molar-refractivity contribution in [3.63, 3.8) is 0 Å². The molecular formula is C91H57N7O2S. The van der Waals surface area contributed by atoms with Gasteiger partial charge >= 0.3 is 0 Å². The van der Waals surface area contributed by atoms with E-state index in [4.69, 9.17) is 0 Å². The fourth-order valence-corrected chi connectivity index (χ4v) is 18.8. The van der Waals surface area contributed by atoms with Gasteiger partial charge in [0.2, 0.25) is 0 Å². The van der Waals surface area contributed by atoms with Gasteiger partial charge in [-0.15, -0.1) is 0 Å². The van der Waals surface area contributed by atoms with Crippen molar-refractivity contribution in [1.82, 2.24) is 31.4 Å². The first-order valence-corrected chi connectivity index (χ1v) is 35.8. The minimum Gasteiger partial charge on any atom is -0.309 e. The van der Waals surface area contributed by atoms with Crippen LogP contribution in [-0.4, -0.2) is 39.8 Å². The van der Waals surface area contributed by atoms with E-state index < -0.39 is 10.0 Å². The van der Waals surface area contributed by atoms with Gasteiger partial charge in [-0.05, 0) is 177 Å². The lowest BCUT2D eigenvalue weighted by molar-refractivity contribution is 0.590. The van der Waals surface area contributed by atoms with Gasteiger partial charge in [-0.3, -0.25) is 0 Å². The molecule has 0 atom stereocenters. The largest absolute Gasteiger partial charge is 0.309 e. The average molecular weight is 1310 g/mol. The molecule has 22 aromatic rings. The summed E-state index contributed by atoms with van der Waals surface area (Å²) in [6.07, 6.45) is 0. The number of hydrogen-bond donors (Lipinski definition) is 0. The zero-order valence-electron chi connectivity index (χ0n) is 54.5. The molecule has 7 heterocycles. The number of aryl methyl sites for hydroxylation is 1. The molecule has 9 nitrogen and oxygen atoms in total. The highest BCUT2D eigenvalue weighted by molar-refractivity contribution is 7.90. The highest BCUT2D eigenvalue weighted by Gasteiger charge is 2.27. The Morgan fingerprint density at radius 2 is 0.366 bits per heavy atom. The third kappa shape index (κ3) is 7.82. The Labute approximate surface area is 577 Å². The maximum absolute atomic E-state index is 14.5. The monoisotopic (exact) mass is 1310 g/mol. The van der Waals surface area contributed by atoms with Crippen LogP contribution in [0.2, 0.25) is 0 Å². The zero-order chi connectivity index (χ0) is 66.5. The molecule has 474 valence electrons. The highest BCUT2D eigenvalue weighted by Crippen LogP contribution is 2.45. The van der Waals surface area contributed by atoms with Crippen LogP contribution in [0.4, 0.5) is 0 Å². The van der Waals surface area contributed by atoms with E-state index in [2.05, 4.69) is 300 Å². The Bertz CT molecular complexity index is 7440. The van der Waals surface area contributed by atoms with Crippen LogP contribution in [0.1, 0.15) is 5.56 Å². The van der Waals surface area contributed by atoms with Crippen LogP contribution in [0.25, 0.3) is 187 Å². The van der Waals surface area contributed by atoms with Gasteiger partial charge < -0.3 is 27.4 Å². The molecular weight excluding hydrogens is 1260 g/mol.